The Bertz CT molecular complexity index is 1460. The molecule has 0 fully saturated rings. The van der Waals surface area contributed by atoms with E-state index in [9.17, 15) is 14.7 Å². The number of ketones is 1. The lowest BCUT2D eigenvalue weighted by molar-refractivity contribution is -0.117. The van der Waals surface area contributed by atoms with Crippen LogP contribution in [0.4, 0.5) is 5.69 Å². The van der Waals surface area contributed by atoms with Crippen molar-refractivity contribution in [3.63, 3.8) is 0 Å². The highest BCUT2D eigenvalue weighted by Crippen LogP contribution is 2.43. The van der Waals surface area contributed by atoms with Crippen LogP contribution >= 0.6 is 11.6 Å². The first-order valence-corrected chi connectivity index (χ1v) is 10.7. The minimum absolute atomic E-state index is 0.0171. The van der Waals surface area contributed by atoms with Crippen molar-refractivity contribution in [1.82, 2.24) is 4.98 Å². The Morgan fingerprint density at radius 2 is 1.82 bits per heavy atom. The molecular formula is C26H19ClN2O4. The monoisotopic (exact) mass is 458 g/mol. The summed E-state index contributed by atoms with van der Waals surface area (Å²) in [6.07, 6.45) is 3.17. The van der Waals surface area contributed by atoms with Gasteiger partial charge in [-0.25, -0.2) is 0 Å². The number of aromatic nitrogens is 1. The summed E-state index contributed by atoms with van der Waals surface area (Å²) in [5.41, 5.74) is 3.49. The second-order valence-corrected chi connectivity index (χ2v) is 8.47. The molecule has 7 heteroatoms. The van der Waals surface area contributed by atoms with E-state index >= 15 is 0 Å². The first-order chi connectivity index (χ1) is 15.8. The molecule has 6 nitrogen and oxygen atoms in total. The molecule has 1 N–H and O–H groups in total. The van der Waals surface area contributed by atoms with Crippen molar-refractivity contribution in [1.29, 1.82) is 0 Å². The predicted octanol–water partition coefficient (Wildman–Crippen LogP) is 5.88. The van der Waals surface area contributed by atoms with Crippen molar-refractivity contribution in [3.8, 4) is 0 Å². The number of rotatable bonds is 4. The van der Waals surface area contributed by atoms with E-state index in [2.05, 4.69) is 4.98 Å². The average molecular weight is 459 g/mol. The number of carbonyl (C=O) groups is 2. The number of halogens is 1. The van der Waals surface area contributed by atoms with E-state index in [0.717, 1.165) is 11.1 Å². The van der Waals surface area contributed by atoms with Crippen LogP contribution in [0.5, 0.6) is 0 Å². The highest BCUT2D eigenvalue weighted by Gasteiger charge is 2.45. The first-order valence-electron chi connectivity index (χ1n) is 10.3. The number of Topliss-reactive ketones (excluding diaryl/α,β-unsaturated/α-hetero) is 1. The van der Waals surface area contributed by atoms with Gasteiger partial charge in [0.15, 0.2) is 11.5 Å². The van der Waals surface area contributed by atoms with Crippen molar-refractivity contribution in [3.05, 3.63) is 106 Å². The Hall–Kier alpha value is -3.90. The summed E-state index contributed by atoms with van der Waals surface area (Å²) in [7, 11) is 0. The van der Waals surface area contributed by atoms with Crippen LogP contribution in [0.2, 0.25) is 5.02 Å². The molecule has 1 aliphatic heterocycles. The van der Waals surface area contributed by atoms with Crippen LogP contribution in [0.3, 0.4) is 0 Å². The van der Waals surface area contributed by atoms with Gasteiger partial charge >= 0.3 is 0 Å². The zero-order chi connectivity index (χ0) is 23.3. The van der Waals surface area contributed by atoms with E-state index < -0.39 is 23.5 Å². The summed E-state index contributed by atoms with van der Waals surface area (Å²) in [6.45, 7) is 3.80. The third kappa shape index (κ3) is 3.49. The molecule has 0 saturated carbocycles. The van der Waals surface area contributed by atoms with E-state index in [4.69, 9.17) is 16.0 Å². The fourth-order valence-corrected chi connectivity index (χ4v) is 4.37. The van der Waals surface area contributed by atoms with Gasteiger partial charge in [-0.3, -0.25) is 19.5 Å². The molecule has 0 bridgehead atoms. The topological polar surface area (TPSA) is 83.6 Å². The maximum absolute atomic E-state index is 13.6. The second-order valence-electron chi connectivity index (χ2n) is 8.03. The number of pyridine rings is 1. The van der Waals surface area contributed by atoms with E-state index in [1.165, 1.54) is 4.90 Å². The van der Waals surface area contributed by atoms with Crippen molar-refractivity contribution < 1.29 is 19.1 Å². The van der Waals surface area contributed by atoms with Gasteiger partial charge in [0.25, 0.3) is 5.91 Å². The highest BCUT2D eigenvalue weighted by atomic mass is 35.5. The summed E-state index contributed by atoms with van der Waals surface area (Å²) in [5, 5.41) is 12.1. The number of fused-ring (bicyclic) bond motifs is 1. The lowest BCUT2D eigenvalue weighted by Gasteiger charge is -2.28. The quantitative estimate of drug-likeness (QED) is 0.386. The number of aryl methyl sites for hydroxylation is 2. The number of nitrogens with zero attached hydrogens (tertiary/aromatic N) is 2. The number of benzene rings is 2. The van der Waals surface area contributed by atoms with E-state index in [-0.39, 0.29) is 11.3 Å². The Morgan fingerprint density at radius 1 is 1.06 bits per heavy atom. The predicted molar refractivity (Wildman–Crippen MR) is 126 cm³/mol. The van der Waals surface area contributed by atoms with Crippen LogP contribution in [0.25, 0.3) is 11.0 Å². The third-order valence-corrected chi connectivity index (χ3v) is 6.04. The molecule has 1 unspecified atom stereocenters. The molecule has 2 aromatic carbocycles. The molecule has 4 aromatic rings. The highest BCUT2D eigenvalue weighted by molar-refractivity contribution is 6.31. The Balaban J connectivity index is 1.68. The van der Waals surface area contributed by atoms with Gasteiger partial charge in [-0.2, -0.15) is 0 Å². The van der Waals surface area contributed by atoms with Crippen molar-refractivity contribution in [2.75, 3.05) is 4.90 Å². The number of anilines is 1. The van der Waals surface area contributed by atoms with Crippen molar-refractivity contribution in [2.45, 2.75) is 19.9 Å². The van der Waals surface area contributed by atoms with Crippen LogP contribution in [0, 0.1) is 13.8 Å². The van der Waals surface area contributed by atoms with Crippen LogP contribution in [-0.4, -0.2) is 21.8 Å². The van der Waals surface area contributed by atoms with Gasteiger partial charge in [-0.05, 0) is 73.0 Å². The minimum Gasteiger partial charge on any atom is -0.503 e. The van der Waals surface area contributed by atoms with Gasteiger partial charge in [0.1, 0.15) is 5.58 Å². The van der Waals surface area contributed by atoms with Crippen LogP contribution in [0.1, 0.15) is 33.3 Å². The van der Waals surface area contributed by atoms with Crippen LogP contribution in [0.15, 0.2) is 82.7 Å². The molecule has 5 rings (SSSR count). The number of amides is 1. The summed E-state index contributed by atoms with van der Waals surface area (Å²) in [6, 6.07) is 14.9. The lowest BCUT2D eigenvalue weighted by Crippen LogP contribution is -2.31. The number of furan rings is 1. The third-order valence-electron chi connectivity index (χ3n) is 5.80. The SMILES string of the molecule is Cc1ccc(C)c(N2C(=O)C(O)=C(C(=O)c3cc4cc(Cl)ccc4o3)C2c2ccncc2)c1. The molecule has 3 heterocycles. The largest absolute Gasteiger partial charge is 0.503 e. The molecule has 0 aliphatic carbocycles. The molecule has 1 atom stereocenters. The fraction of sp³-hybridized carbons (Fsp3) is 0.115. The molecule has 2 aromatic heterocycles. The normalized spacial score (nSPS) is 16.2. The Kier molecular flexibility index (Phi) is 5.02. The van der Waals surface area contributed by atoms with Gasteiger partial charge in [0, 0.05) is 28.5 Å². The number of aliphatic hydroxyl groups is 1. The van der Waals surface area contributed by atoms with Crippen LogP contribution < -0.4 is 4.90 Å². The molecule has 0 radical (unpaired) electrons. The standard InChI is InChI=1S/C26H19ClN2O4/c1-14-3-4-15(2)19(11-14)29-23(16-7-9-28-10-8-16)22(25(31)26(29)32)24(30)21-13-17-12-18(27)5-6-20(17)33-21/h3-13,23,31H,1-2H3. The van der Waals surface area contributed by atoms with E-state index in [1.807, 2.05) is 32.0 Å². The summed E-state index contributed by atoms with van der Waals surface area (Å²) in [5.74, 6) is -1.79. The van der Waals surface area contributed by atoms with Gasteiger partial charge in [-0.15, -0.1) is 0 Å². The van der Waals surface area contributed by atoms with Gasteiger partial charge < -0.3 is 9.52 Å². The molecule has 33 heavy (non-hydrogen) atoms. The zero-order valence-corrected chi connectivity index (χ0v) is 18.6. The zero-order valence-electron chi connectivity index (χ0n) is 17.9. The van der Waals surface area contributed by atoms with Gasteiger partial charge in [-0.1, -0.05) is 23.7 Å². The fourth-order valence-electron chi connectivity index (χ4n) is 4.18. The minimum atomic E-state index is -0.842. The van der Waals surface area contributed by atoms with Crippen molar-refractivity contribution >= 4 is 39.9 Å². The summed E-state index contributed by atoms with van der Waals surface area (Å²) in [4.78, 5) is 32.5. The number of hydrogen-bond acceptors (Lipinski definition) is 5. The van der Waals surface area contributed by atoms with E-state index in [0.29, 0.717) is 27.2 Å². The maximum atomic E-state index is 13.6. The van der Waals surface area contributed by atoms with Gasteiger partial charge in [0.2, 0.25) is 5.78 Å². The second kappa shape index (κ2) is 7.90. The number of carbonyl (C=O) groups excluding carboxylic acids is 2. The Labute approximate surface area is 194 Å². The molecular weight excluding hydrogens is 440 g/mol. The smallest absolute Gasteiger partial charge is 0.294 e. The van der Waals surface area contributed by atoms with Gasteiger partial charge in [0.05, 0.1) is 11.6 Å². The number of hydrogen-bond donors (Lipinski definition) is 1. The molecule has 164 valence electrons. The molecule has 1 aliphatic rings. The summed E-state index contributed by atoms with van der Waals surface area (Å²) >= 11 is 6.06. The molecule has 0 saturated heterocycles. The Morgan fingerprint density at radius 3 is 2.58 bits per heavy atom. The molecule has 1 amide bonds. The van der Waals surface area contributed by atoms with Crippen LogP contribution in [-0.2, 0) is 4.79 Å². The maximum Gasteiger partial charge on any atom is 0.294 e. The lowest BCUT2D eigenvalue weighted by atomic mass is 9.95. The van der Waals surface area contributed by atoms with Crippen molar-refractivity contribution in [2.24, 2.45) is 0 Å². The number of aliphatic hydroxyl groups excluding tert-OH is 1. The first kappa shape index (κ1) is 21.0. The average Bonchev–Trinajstić information content (AvgIpc) is 3.34. The van der Waals surface area contributed by atoms with E-state index in [1.54, 1.807) is 48.8 Å². The molecule has 0 spiro atoms. The summed E-state index contributed by atoms with van der Waals surface area (Å²) < 4.78 is 5.75.